The van der Waals surface area contributed by atoms with Crippen LogP contribution in [0.2, 0.25) is 0 Å². The van der Waals surface area contributed by atoms with Crippen molar-refractivity contribution < 1.29 is 4.79 Å². The Morgan fingerprint density at radius 1 is 0.947 bits per heavy atom. The van der Waals surface area contributed by atoms with Crippen LogP contribution in [0.4, 0.5) is 0 Å². The summed E-state index contributed by atoms with van der Waals surface area (Å²) in [5.41, 5.74) is 0. The summed E-state index contributed by atoms with van der Waals surface area (Å²) in [6.07, 6.45) is 21.4. The van der Waals surface area contributed by atoms with Crippen molar-refractivity contribution in [2.75, 3.05) is 0 Å². The molecule has 1 saturated carbocycles. The van der Waals surface area contributed by atoms with E-state index in [1.165, 1.54) is 70.6 Å². The SMILES string of the molecule is CCCCCCCCCCCC/C=C/C1CCC1=O. The molecule has 0 bridgehead atoms. The zero-order valence-corrected chi connectivity index (χ0v) is 12.8. The van der Waals surface area contributed by atoms with Crippen molar-refractivity contribution in [1.82, 2.24) is 0 Å². The Labute approximate surface area is 119 Å². The van der Waals surface area contributed by atoms with E-state index >= 15 is 0 Å². The average Bonchev–Trinajstić information content (AvgIpc) is 2.42. The van der Waals surface area contributed by atoms with Gasteiger partial charge in [-0.1, -0.05) is 76.9 Å². The number of ketones is 1. The highest BCUT2D eigenvalue weighted by molar-refractivity contribution is 5.87. The molecule has 1 rings (SSSR count). The summed E-state index contributed by atoms with van der Waals surface area (Å²) >= 11 is 0. The molecule has 110 valence electrons. The molecule has 0 spiro atoms. The number of rotatable bonds is 12. The van der Waals surface area contributed by atoms with E-state index in [1.807, 2.05) is 0 Å². The summed E-state index contributed by atoms with van der Waals surface area (Å²) in [6.45, 7) is 2.27. The Bertz CT molecular complexity index is 254. The van der Waals surface area contributed by atoms with Crippen molar-refractivity contribution >= 4 is 5.78 Å². The maximum atomic E-state index is 11.1. The molecule has 0 radical (unpaired) electrons. The first-order valence-electron chi connectivity index (χ1n) is 8.54. The standard InChI is InChI=1S/C18H32O/c1-2-3-4-5-6-7-8-9-10-11-12-13-14-17-15-16-18(17)19/h13-14,17H,2-12,15-16H2,1H3/b14-13+. The van der Waals surface area contributed by atoms with E-state index in [1.54, 1.807) is 0 Å². The highest BCUT2D eigenvalue weighted by atomic mass is 16.1. The van der Waals surface area contributed by atoms with Crippen molar-refractivity contribution in [3.8, 4) is 0 Å². The first-order chi connectivity index (χ1) is 9.34. The van der Waals surface area contributed by atoms with E-state index in [4.69, 9.17) is 0 Å². The molecule has 1 aliphatic rings. The third-order valence-electron chi connectivity index (χ3n) is 4.21. The molecule has 0 amide bonds. The molecular formula is C18H32O. The second kappa shape index (κ2) is 11.3. The van der Waals surface area contributed by atoms with Gasteiger partial charge in [0.2, 0.25) is 0 Å². The minimum Gasteiger partial charge on any atom is -0.299 e. The van der Waals surface area contributed by atoms with Gasteiger partial charge in [0.15, 0.2) is 0 Å². The second-order valence-corrected chi connectivity index (χ2v) is 6.01. The van der Waals surface area contributed by atoms with Gasteiger partial charge in [0.1, 0.15) is 5.78 Å². The van der Waals surface area contributed by atoms with Crippen LogP contribution in [-0.2, 0) is 4.79 Å². The zero-order chi connectivity index (χ0) is 13.8. The molecule has 19 heavy (non-hydrogen) atoms. The van der Waals surface area contributed by atoms with Gasteiger partial charge >= 0.3 is 0 Å². The second-order valence-electron chi connectivity index (χ2n) is 6.01. The van der Waals surface area contributed by atoms with Gasteiger partial charge < -0.3 is 0 Å². The summed E-state index contributed by atoms with van der Waals surface area (Å²) < 4.78 is 0. The first-order valence-corrected chi connectivity index (χ1v) is 8.54. The van der Waals surface area contributed by atoms with Crippen LogP contribution >= 0.6 is 0 Å². The molecule has 1 aliphatic carbocycles. The predicted octanol–water partition coefficient (Wildman–Crippen LogP) is 5.83. The Hall–Kier alpha value is -0.590. The highest BCUT2D eigenvalue weighted by Gasteiger charge is 2.24. The van der Waals surface area contributed by atoms with Gasteiger partial charge in [-0.25, -0.2) is 0 Å². The Morgan fingerprint density at radius 2 is 1.53 bits per heavy atom. The maximum absolute atomic E-state index is 11.1. The van der Waals surface area contributed by atoms with Crippen LogP contribution in [0.25, 0.3) is 0 Å². The lowest BCUT2D eigenvalue weighted by Gasteiger charge is -2.19. The number of Topliss-reactive ketones (excluding diaryl/α,β-unsaturated/α-hetero) is 1. The molecule has 1 fully saturated rings. The van der Waals surface area contributed by atoms with Crippen LogP contribution < -0.4 is 0 Å². The van der Waals surface area contributed by atoms with Crippen LogP contribution in [0.1, 0.15) is 90.4 Å². The lowest BCUT2D eigenvalue weighted by atomic mass is 9.83. The summed E-state index contributed by atoms with van der Waals surface area (Å²) in [4.78, 5) is 11.1. The number of hydrogen-bond acceptors (Lipinski definition) is 1. The van der Waals surface area contributed by atoms with Gasteiger partial charge in [0, 0.05) is 12.3 Å². The van der Waals surface area contributed by atoms with Gasteiger partial charge in [0.05, 0.1) is 0 Å². The molecule has 0 N–H and O–H groups in total. The van der Waals surface area contributed by atoms with E-state index in [9.17, 15) is 4.79 Å². The molecular weight excluding hydrogens is 232 g/mol. The third kappa shape index (κ3) is 8.23. The van der Waals surface area contributed by atoms with Crippen LogP contribution in [0.15, 0.2) is 12.2 Å². The number of allylic oxidation sites excluding steroid dienone is 2. The molecule has 0 aliphatic heterocycles. The monoisotopic (exact) mass is 264 g/mol. The summed E-state index contributed by atoms with van der Waals surface area (Å²) in [5, 5.41) is 0. The molecule has 1 atom stereocenters. The summed E-state index contributed by atoms with van der Waals surface area (Å²) in [6, 6.07) is 0. The number of unbranched alkanes of at least 4 members (excludes halogenated alkanes) is 10. The molecule has 1 unspecified atom stereocenters. The smallest absolute Gasteiger partial charge is 0.139 e. The van der Waals surface area contributed by atoms with Crippen molar-refractivity contribution in [1.29, 1.82) is 0 Å². The van der Waals surface area contributed by atoms with E-state index < -0.39 is 0 Å². The number of hydrogen-bond donors (Lipinski definition) is 0. The van der Waals surface area contributed by atoms with Crippen molar-refractivity contribution in [3.63, 3.8) is 0 Å². The zero-order valence-electron chi connectivity index (χ0n) is 12.8. The van der Waals surface area contributed by atoms with E-state index in [-0.39, 0.29) is 5.92 Å². The lowest BCUT2D eigenvalue weighted by Crippen LogP contribution is -2.23. The molecule has 1 heteroatoms. The Morgan fingerprint density at radius 3 is 2.00 bits per heavy atom. The average molecular weight is 264 g/mol. The summed E-state index contributed by atoms with van der Waals surface area (Å²) in [5.74, 6) is 0.724. The fourth-order valence-electron chi connectivity index (χ4n) is 2.64. The largest absolute Gasteiger partial charge is 0.299 e. The van der Waals surface area contributed by atoms with Crippen LogP contribution in [-0.4, -0.2) is 5.78 Å². The maximum Gasteiger partial charge on any atom is 0.139 e. The first kappa shape index (κ1) is 16.5. The van der Waals surface area contributed by atoms with Gasteiger partial charge in [0.25, 0.3) is 0 Å². The van der Waals surface area contributed by atoms with Gasteiger partial charge in [-0.05, 0) is 19.3 Å². The van der Waals surface area contributed by atoms with E-state index in [2.05, 4.69) is 19.1 Å². The van der Waals surface area contributed by atoms with E-state index in [0.717, 1.165) is 12.8 Å². The lowest BCUT2D eigenvalue weighted by molar-refractivity contribution is -0.127. The topological polar surface area (TPSA) is 17.1 Å². The minimum atomic E-state index is 0.281. The molecule has 0 aromatic heterocycles. The van der Waals surface area contributed by atoms with Crippen molar-refractivity contribution in [3.05, 3.63) is 12.2 Å². The van der Waals surface area contributed by atoms with Crippen molar-refractivity contribution in [2.45, 2.75) is 90.4 Å². The third-order valence-corrected chi connectivity index (χ3v) is 4.21. The predicted molar refractivity (Wildman–Crippen MR) is 83.3 cm³/mol. The van der Waals surface area contributed by atoms with Crippen molar-refractivity contribution in [2.24, 2.45) is 5.92 Å². The highest BCUT2D eigenvalue weighted by Crippen LogP contribution is 2.23. The fraction of sp³-hybridized carbons (Fsp3) is 0.833. The van der Waals surface area contributed by atoms with Crippen LogP contribution in [0.5, 0.6) is 0 Å². The molecule has 0 aromatic carbocycles. The van der Waals surface area contributed by atoms with Crippen LogP contribution in [0.3, 0.4) is 0 Å². The quantitative estimate of drug-likeness (QED) is 0.320. The minimum absolute atomic E-state index is 0.281. The summed E-state index contributed by atoms with van der Waals surface area (Å²) in [7, 11) is 0. The Balaban J connectivity index is 1.75. The van der Waals surface area contributed by atoms with Crippen LogP contribution in [0, 0.1) is 5.92 Å². The number of carbonyl (C=O) groups is 1. The molecule has 1 nitrogen and oxygen atoms in total. The fourth-order valence-corrected chi connectivity index (χ4v) is 2.64. The van der Waals surface area contributed by atoms with Gasteiger partial charge in [-0.3, -0.25) is 4.79 Å². The van der Waals surface area contributed by atoms with E-state index in [0.29, 0.717) is 5.78 Å². The number of carbonyl (C=O) groups excluding carboxylic acids is 1. The molecule has 0 aromatic rings. The molecule has 0 saturated heterocycles. The normalized spacial score (nSPS) is 19.0. The molecule has 0 heterocycles. The van der Waals surface area contributed by atoms with Gasteiger partial charge in [-0.2, -0.15) is 0 Å². The Kier molecular flexibility index (Phi) is 9.75. The van der Waals surface area contributed by atoms with Gasteiger partial charge in [-0.15, -0.1) is 0 Å².